The maximum atomic E-state index is 13.2. The molecule has 0 atom stereocenters. The Kier molecular flexibility index (Phi) is 4.56. The molecule has 0 aliphatic heterocycles. The number of hydrogen-bond acceptors (Lipinski definition) is 3. The third kappa shape index (κ3) is 3.50. The van der Waals surface area contributed by atoms with Crippen molar-refractivity contribution in [3.8, 4) is 11.4 Å². The molecule has 116 valence electrons. The quantitative estimate of drug-likeness (QED) is 0.527. The summed E-state index contributed by atoms with van der Waals surface area (Å²) in [7, 11) is 0. The molecule has 0 spiro atoms. The monoisotopic (exact) mass is 366 g/mol. The van der Waals surface area contributed by atoms with E-state index < -0.39 is 0 Å². The number of hydrogen-bond donors (Lipinski definition) is 1. The molecule has 0 radical (unpaired) electrons. The van der Waals surface area contributed by atoms with Gasteiger partial charge in [-0.2, -0.15) is 14.9 Å². The van der Waals surface area contributed by atoms with E-state index in [0.717, 1.165) is 0 Å². The molecule has 0 aliphatic rings. The van der Waals surface area contributed by atoms with E-state index in [0.29, 0.717) is 31.8 Å². The van der Waals surface area contributed by atoms with Crippen LogP contribution >= 0.6 is 35.4 Å². The molecule has 0 fully saturated rings. The van der Waals surface area contributed by atoms with Crippen molar-refractivity contribution in [2.45, 2.75) is 0 Å². The fourth-order valence-corrected chi connectivity index (χ4v) is 2.63. The molecule has 0 unspecified atom stereocenters. The molecule has 0 aliphatic carbocycles. The van der Waals surface area contributed by atoms with Crippen LogP contribution in [0.2, 0.25) is 10.0 Å². The van der Waals surface area contributed by atoms with Gasteiger partial charge in [0.05, 0.1) is 11.2 Å². The van der Waals surface area contributed by atoms with E-state index in [1.165, 1.54) is 23.0 Å². The third-order valence-electron chi connectivity index (χ3n) is 2.99. The highest BCUT2D eigenvalue weighted by Gasteiger charge is 2.12. The Morgan fingerprint density at radius 3 is 2.78 bits per heavy atom. The van der Waals surface area contributed by atoms with Crippen LogP contribution in [-0.2, 0) is 0 Å². The summed E-state index contributed by atoms with van der Waals surface area (Å²) in [5, 5.41) is 12.0. The molecule has 23 heavy (non-hydrogen) atoms. The van der Waals surface area contributed by atoms with Crippen LogP contribution in [0, 0.1) is 10.6 Å². The number of nitrogens with one attached hydrogen (secondary N) is 1. The van der Waals surface area contributed by atoms with Crippen LogP contribution in [0.1, 0.15) is 5.56 Å². The van der Waals surface area contributed by atoms with Crippen molar-refractivity contribution in [2.75, 3.05) is 0 Å². The first-order valence-corrected chi connectivity index (χ1v) is 7.64. The maximum Gasteiger partial charge on any atom is 0.216 e. The number of nitrogens with zero attached hydrogens (tertiary/aromatic N) is 3. The van der Waals surface area contributed by atoms with Gasteiger partial charge in [-0.05, 0) is 48.1 Å². The first-order valence-electron chi connectivity index (χ1n) is 6.47. The van der Waals surface area contributed by atoms with Gasteiger partial charge < -0.3 is 0 Å². The number of H-pyrrole nitrogens is 1. The van der Waals surface area contributed by atoms with Crippen LogP contribution in [-0.4, -0.2) is 21.1 Å². The molecule has 4 nitrogen and oxygen atoms in total. The molecule has 1 heterocycles. The zero-order chi connectivity index (χ0) is 16.4. The van der Waals surface area contributed by atoms with Crippen molar-refractivity contribution in [2.24, 2.45) is 5.10 Å². The van der Waals surface area contributed by atoms with E-state index in [4.69, 9.17) is 35.4 Å². The van der Waals surface area contributed by atoms with Crippen LogP contribution in [0.15, 0.2) is 47.6 Å². The topological polar surface area (TPSA) is 46.0 Å². The van der Waals surface area contributed by atoms with Gasteiger partial charge in [-0.15, -0.1) is 0 Å². The Morgan fingerprint density at radius 2 is 2.04 bits per heavy atom. The zero-order valence-corrected chi connectivity index (χ0v) is 13.8. The molecule has 2 aromatic carbocycles. The fraction of sp³-hybridized carbons (Fsp3) is 0. The lowest BCUT2D eigenvalue weighted by atomic mass is 10.2. The standard InChI is InChI=1S/C15H9Cl2FN4S/c16-10-4-5-12(13(17)7-10)14-20-21-15(23)22(14)19-8-9-2-1-3-11(18)6-9/h1-8H,(H,21,23)/b19-8+. The minimum absolute atomic E-state index is 0.290. The van der Waals surface area contributed by atoms with Gasteiger partial charge in [0.2, 0.25) is 4.77 Å². The number of aromatic nitrogens is 3. The van der Waals surface area contributed by atoms with Gasteiger partial charge in [0.15, 0.2) is 5.82 Å². The summed E-state index contributed by atoms with van der Waals surface area (Å²) in [4.78, 5) is 0. The molecule has 0 bridgehead atoms. The van der Waals surface area contributed by atoms with Crippen LogP contribution in [0.25, 0.3) is 11.4 Å². The van der Waals surface area contributed by atoms with E-state index in [2.05, 4.69) is 15.3 Å². The lowest BCUT2D eigenvalue weighted by Crippen LogP contribution is -1.96. The summed E-state index contributed by atoms with van der Waals surface area (Å²) >= 11 is 17.3. The predicted molar refractivity (Wildman–Crippen MR) is 92.3 cm³/mol. The molecule has 8 heteroatoms. The maximum absolute atomic E-state index is 13.2. The Labute approximate surface area is 146 Å². The second kappa shape index (κ2) is 6.62. The van der Waals surface area contributed by atoms with E-state index in [9.17, 15) is 4.39 Å². The van der Waals surface area contributed by atoms with Gasteiger partial charge in [0, 0.05) is 10.6 Å². The van der Waals surface area contributed by atoms with Crippen molar-refractivity contribution >= 4 is 41.6 Å². The summed E-state index contributed by atoms with van der Waals surface area (Å²) in [6.07, 6.45) is 1.49. The van der Waals surface area contributed by atoms with E-state index in [1.54, 1.807) is 30.3 Å². The molecule has 1 N–H and O–H groups in total. The minimum Gasteiger partial charge on any atom is -0.250 e. The number of halogens is 3. The zero-order valence-electron chi connectivity index (χ0n) is 11.5. The molecule has 1 aromatic heterocycles. The average Bonchev–Trinajstić information content (AvgIpc) is 2.86. The molecular weight excluding hydrogens is 358 g/mol. The summed E-state index contributed by atoms with van der Waals surface area (Å²) in [5.41, 5.74) is 1.22. The van der Waals surface area contributed by atoms with Gasteiger partial charge in [-0.3, -0.25) is 0 Å². The van der Waals surface area contributed by atoms with Gasteiger partial charge in [0.25, 0.3) is 0 Å². The normalized spacial score (nSPS) is 11.3. The number of rotatable bonds is 3. The van der Waals surface area contributed by atoms with Crippen molar-refractivity contribution in [3.05, 3.63) is 68.7 Å². The van der Waals surface area contributed by atoms with Gasteiger partial charge in [-0.1, -0.05) is 35.3 Å². The summed E-state index contributed by atoms with van der Waals surface area (Å²) in [6.45, 7) is 0. The number of benzene rings is 2. The Hall–Kier alpha value is -2.02. The molecule has 0 amide bonds. The SMILES string of the molecule is Fc1cccc(/C=N/n2c(-c3ccc(Cl)cc3Cl)n[nH]c2=S)c1. The lowest BCUT2D eigenvalue weighted by Gasteiger charge is -2.04. The average molecular weight is 367 g/mol. The smallest absolute Gasteiger partial charge is 0.216 e. The summed E-state index contributed by atoms with van der Waals surface area (Å²) < 4.78 is 14.9. The number of aromatic amines is 1. The molecule has 0 saturated heterocycles. The Balaban J connectivity index is 2.04. The Morgan fingerprint density at radius 1 is 1.22 bits per heavy atom. The van der Waals surface area contributed by atoms with Crippen LogP contribution in [0.3, 0.4) is 0 Å². The van der Waals surface area contributed by atoms with Gasteiger partial charge in [-0.25, -0.2) is 9.49 Å². The van der Waals surface area contributed by atoms with E-state index >= 15 is 0 Å². The highest BCUT2D eigenvalue weighted by molar-refractivity contribution is 7.71. The van der Waals surface area contributed by atoms with Crippen molar-refractivity contribution < 1.29 is 4.39 Å². The largest absolute Gasteiger partial charge is 0.250 e. The highest BCUT2D eigenvalue weighted by atomic mass is 35.5. The van der Waals surface area contributed by atoms with Crippen LogP contribution < -0.4 is 0 Å². The molecular formula is C15H9Cl2FN4S. The third-order valence-corrected chi connectivity index (χ3v) is 3.81. The van der Waals surface area contributed by atoms with Crippen molar-refractivity contribution in [1.82, 2.24) is 14.9 Å². The Bertz CT molecular complexity index is 949. The van der Waals surface area contributed by atoms with Crippen molar-refractivity contribution in [1.29, 1.82) is 0 Å². The second-order valence-electron chi connectivity index (χ2n) is 4.59. The molecule has 3 aromatic rings. The fourth-order valence-electron chi connectivity index (χ4n) is 1.96. The molecule has 3 rings (SSSR count). The summed E-state index contributed by atoms with van der Waals surface area (Å²) in [5.74, 6) is 0.0926. The summed E-state index contributed by atoms with van der Waals surface area (Å²) in [6, 6.07) is 11.1. The first kappa shape index (κ1) is 15.9. The van der Waals surface area contributed by atoms with Crippen molar-refractivity contribution in [3.63, 3.8) is 0 Å². The second-order valence-corrected chi connectivity index (χ2v) is 5.82. The lowest BCUT2D eigenvalue weighted by molar-refractivity contribution is 0.627. The predicted octanol–water partition coefficient (Wildman–Crippen LogP) is 4.94. The van der Waals surface area contributed by atoms with Gasteiger partial charge >= 0.3 is 0 Å². The van der Waals surface area contributed by atoms with Crippen LogP contribution in [0.4, 0.5) is 4.39 Å². The minimum atomic E-state index is -0.342. The molecule has 0 saturated carbocycles. The highest BCUT2D eigenvalue weighted by Crippen LogP contribution is 2.29. The first-order chi connectivity index (χ1) is 11.0. The van der Waals surface area contributed by atoms with E-state index in [1.807, 2.05) is 0 Å². The van der Waals surface area contributed by atoms with Gasteiger partial charge in [0.1, 0.15) is 5.82 Å². The van der Waals surface area contributed by atoms with Crippen LogP contribution in [0.5, 0.6) is 0 Å². The van der Waals surface area contributed by atoms with E-state index in [-0.39, 0.29) is 5.82 Å².